The highest BCUT2D eigenvalue weighted by Gasteiger charge is 2.32. The van der Waals surface area contributed by atoms with Crippen LogP contribution in [0.25, 0.3) is 0 Å². The molecule has 0 aliphatic carbocycles. The number of sulfonamides is 1. The average molecular weight is 332 g/mol. The third-order valence-electron chi connectivity index (χ3n) is 3.70. The fraction of sp³-hybridized carbons (Fsp3) is 0.714. The second-order valence-electron chi connectivity index (χ2n) is 5.64. The van der Waals surface area contributed by atoms with E-state index in [0.717, 1.165) is 25.1 Å². The van der Waals surface area contributed by atoms with E-state index in [2.05, 4.69) is 17.0 Å². The summed E-state index contributed by atoms with van der Waals surface area (Å²) in [5.41, 5.74) is 0. The van der Waals surface area contributed by atoms with Crippen LogP contribution in [0.3, 0.4) is 0 Å². The molecule has 120 valence electrons. The normalized spacial score (nSPS) is 22.8. The Morgan fingerprint density at radius 3 is 2.86 bits per heavy atom. The topological polar surface area (TPSA) is 71.3 Å². The average Bonchev–Trinajstić information content (AvgIpc) is 3.02. The highest BCUT2D eigenvalue weighted by atomic mass is 32.2. The molecule has 0 spiro atoms. The molecule has 0 saturated carbocycles. The number of hydrogen-bond donors (Lipinski definition) is 2. The van der Waals surface area contributed by atoms with Gasteiger partial charge in [-0.05, 0) is 39.0 Å². The third kappa shape index (κ3) is 4.25. The highest BCUT2D eigenvalue weighted by Crippen LogP contribution is 2.37. The number of aryl methyl sites for hydroxylation is 1. The Labute approximate surface area is 131 Å². The lowest BCUT2D eigenvalue weighted by molar-refractivity contribution is 0.460. The maximum atomic E-state index is 12.4. The summed E-state index contributed by atoms with van der Waals surface area (Å²) in [6.45, 7) is 7.63. The van der Waals surface area contributed by atoms with Gasteiger partial charge in [0.2, 0.25) is 10.0 Å². The monoisotopic (exact) mass is 332 g/mol. The molecular weight excluding hydrogens is 308 g/mol. The van der Waals surface area contributed by atoms with E-state index in [1.54, 1.807) is 13.0 Å². The number of hydrogen-bond acceptors (Lipinski definition) is 5. The van der Waals surface area contributed by atoms with E-state index >= 15 is 0 Å². The molecule has 1 atom stereocenters. The highest BCUT2D eigenvalue weighted by molar-refractivity contribution is 8.01. The quantitative estimate of drug-likeness (QED) is 0.801. The summed E-state index contributed by atoms with van der Waals surface area (Å²) < 4.78 is 33.1. The first-order valence-electron chi connectivity index (χ1n) is 7.30. The van der Waals surface area contributed by atoms with Crippen molar-refractivity contribution in [1.82, 2.24) is 10.0 Å². The third-order valence-corrected chi connectivity index (χ3v) is 6.75. The van der Waals surface area contributed by atoms with Gasteiger partial charge in [-0.15, -0.1) is 0 Å². The van der Waals surface area contributed by atoms with Crippen molar-refractivity contribution in [3.05, 3.63) is 17.6 Å². The molecule has 1 fully saturated rings. The molecule has 1 aromatic heterocycles. The SMILES string of the molecule is CCNCc1cc(S(=O)(=O)NCC2(C)CCCS2)c(C)o1. The van der Waals surface area contributed by atoms with Gasteiger partial charge in [-0.25, -0.2) is 13.1 Å². The summed E-state index contributed by atoms with van der Waals surface area (Å²) in [6, 6.07) is 1.62. The van der Waals surface area contributed by atoms with E-state index in [-0.39, 0.29) is 9.64 Å². The lowest BCUT2D eigenvalue weighted by Crippen LogP contribution is -2.36. The molecule has 2 rings (SSSR count). The van der Waals surface area contributed by atoms with E-state index in [1.807, 2.05) is 18.7 Å². The Hall–Kier alpha value is -0.500. The summed E-state index contributed by atoms with van der Waals surface area (Å²) in [4.78, 5) is 0.252. The molecule has 7 heteroatoms. The van der Waals surface area contributed by atoms with E-state index in [4.69, 9.17) is 4.42 Å². The van der Waals surface area contributed by atoms with Gasteiger partial charge < -0.3 is 9.73 Å². The predicted octanol–water partition coefficient (Wildman–Crippen LogP) is 2.26. The predicted molar refractivity (Wildman–Crippen MR) is 86.1 cm³/mol. The fourth-order valence-corrected chi connectivity index (χ4v) is 5.13. The number of rotatable bonds is 7. The van der Waals surface area contributed by atoms with Crippen LogP contribution >= 0.6 is 11.8 Å². The van der Waals surface area contributed by atoms with Crippen LogP contribution in [0.2, 0.25) is 0 Å². The first-order chi connectivity index (χ1) is 9.86. The first-order valence-corrected chi connectivity index (χ1v) is 9.77. The fourth-order valence-electron chi connectivity index (χ4n) is 2.43. The molecule has 0 radical (unpaired) electrons. The number of furan rings is 1. The van der Waals surface area contributed by atoms with Crippen LogP contribution in [-0.4, -0.2) is 32.0 Å². The van der Waals surface area contributed by atoms with Crippen LogP contribution in [0.15, 0.2) is 15.4 Å². The zero-order valence-corrected chi connectivity index (χ0v) is 14.5. The number of nitrogens with one attached hydrogen (secondary N) is 2. The summed E-state index contributed by atoms with van der Waals surface area (Å²) >= 11 is 1.84. The maximum Gasteiger partial charge on any atom is 0.244 e. The minimum absolute atomic E-state index is 0.0112. The number of thioether (sulfide) groups is 1. The first kappa shape index (κ1) is 16.9. The Kier molecular flexibility index (Phi) is 5.40. The zero-order chi connectivity index (χ0) is 15.5. The van der Waals surface area contributed by atoms with Crippen molar-refractivity contribution in [2.75, 3.05) is 18.8 Å². The largest absolute Gasteiger partial charge is 0.464 e. The maximum absolute atomic E-state index is 12.4. The second kappa shape index (κ2) is 6.73. The molecule has 21 heavy (non-hydrogen) atoms. The van der Waals surface area contributed by atoms with Gasteiger partial charge in [0.15, 0.2) is 0 Å². The summed E-state index contributed by atoms with van der Waals surface area (Å²) in [7, 11) is -3.51. The molecule has 0 amide bonds. The van der Waals surface area contributed by atoms with E-state index in [9.17, 15) is 8.42 Å². The van der Waals surface area contributed by atoms with Gasteiger partial charge >= 0.3 is 0 Å². The van der Waals surface area contributed by atoms with Gasteiger partial charge in [0, 0.05) is 17.4 Å². The Balaban J connectivity index is 2.06. The summed E-state index contributed by atoms with van der Waals surface area (Å²) in [5, 5.41) is 3.13. The van der Waals surface area contributed by atoms with Gasteiger partial charge in [-0.3, -0.25) is 0 Å². The molecule has 5 nitrogen and oxygen atoms in total. The van der Waals surface area contributed by atoms with Crippen molar-refractivity contribution in [2.24, 2.45) is 0 Å². The zero-order valence-electron chi connectivity index (χ0n) is 12.9. The van der Waals surface area contributed by atoms with Crippen molar-refractivity contribution >= 4 is 21.8 Å². The Morgan fingerprint density at radius 1 is 1.48 bits per heavy atom. The molecule has 2 N–H and O–H groups in total. The second-order valence-corrected chi connectivity index (χ2v) is 9.06. The van der Waals surface area contributed by atoms with E-state index in [1.165, 1.54) is 0 Å². The van der Waals surface area contributed by atoms with Crippen LogP contribution in [0.1, 0.15) is 38.2 Å². The minimum Gasteiger partial charge on any atom is -0.464 e. The molecule has 2 heterocycles. The standard InChI is InChI=1S/C14H24N2O3S2/c1-4-15-9-12-8-13(11(2)19-12)21(17,18)16-10-14(3)6-5-7-20-14/h8,15-16H,4-7,9-10H2,1-3H3. The summed E-state index contributed by atoms with van der Waals surface area (Å²) in [6.07, 6.45) is 2.21. The molecule has 1 aliphatic heterocycles. The van der Waals surface area contributed by atoms with Crippen LogP contribution in [-0.2, 0) is 16.6 Å². The van der Waals surface area contributed by atoms with Gasteiger partial charge in [0.1, 0.15) is 16.4 Å². The molecule has 1 unspecified atom stereocenters. The van der Waals surface area contributed by atoms with Crippen molar-refractivity contribution in [2.45, 2.75) is 49.8 Å². The summed E-state index contributed by atoms with van der Waals surface area (Å²) in [5.74, 6) is 2.20. The van der Waals surface area contributed by atoms with E-state index in [0.29, 0.717) is 24.6 Å². The Morgan fingerprint density at radius 2 is 2.24 bits per heavy atom. The van der Waals surface area contributed by atoms with Crippen LogP contribution in [0.5, 0.6) is 0 Å². The molecule has 0 bridgehead atoms. The minimum atomic E-state index is -3.51. The van der Waals surface area contributed by atoms with Crippen molar-refractivity contribution < 1.29 is 12.8 Å². The molecule has 1 saturated heterocycles. The van der Waals surface area contributed by atoms with Gasteiger partial charge in [-0.2, -0.15) is 11.8 Å². The van der Waals surface area contributed by atoms with Gasteiger partial charge in [0.25, 0.3) is 0 Å². The van der Waals surface area contributed by atoms with Crippen molar-refractivity contribution in [3.63, 3.8) is 0 Å². The van der Waals surface area contributed by atoms with Crippen LogP contribution in [0.4, 0.5) is 0 Å². The van der Waals surface area contributed by atoms with Crippen molar-refractivity contribution in [1.29, 1.82) is 0 Å². The van der Waals surface area contributed by atoms with Crippen LogP contribution < -0.4 is 10.0 Å². The van der Waals surface area contributed by atoms with Crippen LogP contribution in [0, 0.1) is 6.92 Å². The molecule has 1 aromatic rings. The smallest absolute Gasteiger partial charge is 0.244 e. The lowest BCUT2D eigenvalue weighted by atomic mass is 10.1. The molecule has 1 aliphatic rings. The van der Waals surface area contributed by atoms with Gasteiger partial charge in [0.05, 0.1) is 6.54 Å². The molecular formula is C14H24N2O3S2. The Bertz CT molecular complexity index is 575. The van der Waals surface area contributed by atoms with Crippen molar-refractivity contribution in [3.8, 4) is 0 Å². The molecule has 0 aromatic carbocycles. The van der Waals surface area contributed by atoms with E-state index < -0.39 is 10.0 Å². The van der Waals surface area contributed by atoms with Gasteiger partial charge in [-0.1, -0.05) is 6.92 Å². The lowest BCUT2D eigenvalue weighted by Gasteiger charge is -2.22.